The summed E-state index contributed by atoms with van der Waals surface area (Å²) in [6.45, 7) is 5.70. The van der Waals surface area contributed by atoms with Gasteiger partial charge in [-0.05, 0) is 13.8 Å². The second kappa shape index (κ2) is 4.42. The van der Waals surface area contributed by atoms with Crippen molar-refractivity contribution in [2.45, 2.75) is 26.0 Å². The molecule has 2 atom stereocenters. The number of aromatic nitrogens is 1. The Balaban J connectivity index is 1.48. The first-order chi connectivity index (χ1) is 8.65. The van der Waals surface area contributed by atoms with Crippen LogP contribution in [-0.2, 0) is 4.74 Å². The van der Waals surface area contributed by atoms with Crippen LogP contribution in [0, 0.1) is 11.8 Å². The second-order valence-corrected chi connectivity index (χ2v) is 6.04. The number of fused-ring (bicyclic) bond motifs is 1. The third kappa shape index (κ3) is 2.16. The van der Waals surface area contributed by atoms with E-state index in [1.807, 2.05) is 25.4 Å². The Hall–Kier alpha value is -1.30. The van der Waals surface area contributed by atoms with Crippen molar-refractivity contribution in [3.63, 3.8) is 0 Å². The zero-order valence-corrected chi connectivity index (χ0v) is 11.3. The summed E-state index contributed by atoms with van der Waals surface area (Å²) in [5.41, 5.74) is 0. The molecule has 2 fully saturated rings. The highest BCUT2D eigenvalue weighted by Crippen LogP contribution is 2.47. The lowest BCUT2D eigenvalue weighted by molar-refractivity contribution is 0.114. The Labute approximate surface area is 110 Å². The molecule has 0 radical (unpaired) electrons. The van der Waals surface area contributed by atoms with Gasteiger partial charge in [-0.2, -0.15) is 0 Å². The number of alkyl carbamates (subject to hydrolysis) is 1. The molecule has 1 saturated heterocycles. The summed E-state index contributed by atoms with van der Waals surface area (Å²) in [5, 5.41) is 6.03. The van der Waals surface area contributed by atoms with E-state index in [-0.39, 0.29) is 12.2 Å². The number of piperidine rings is 1. The Morgan fingerprint density at radius 3 is 2.83 bits per heavy atom. The summed E-state index contributed by atoms with van der Waals surface area (Å²) in [6.07, 6.45) is 1.49. The lowest BCUT2D eigenvalue weighted by atomic mass is 10.4. The van der Waals surface area contributed by atoms with Gasteiger partial charge >= 0.3 is 6.09 Å². The van der Waals surface area contributed by atoms with Crippen LogP contribution in [0.4, 0.5) is 9.93 Å². The molecule has 18 heavy (non-hydrogen) atoms. The number of hydrogen-bond donors (Lipinski definition) is 1. The van der Waals surface area contributed by atoms with Crippen molar-refractivity contribution in [2.75, 3.05) is 18.0 Å². The summed E-state index contributed by atoms with van der Waals surface area (Å²) in [4.78, 5) is 18.1. The van der Waals surface area contributed by atoms with E-state index >= 15 is 0 Å². The third-order valence-corrected chi connectivity index (χ3v) is 4.34. The molecule has 3 rings (SSSR count). The molecule has 0 bridgehead atoms. The van der Waals surface area contributed by atoms with Crippen LogP contribution in [0.25, 0.3) is 0 Å². The number of hydrogen-bond acceptors (Lipinski definition) is 5. The van der Waals surface area contributed by atoms with Crippen LogP contribution in [-0.4, -0.2) is 36.3 Å². The van der Waals surface area contributed by atoms with Crippen LogP contribution >= 0.6 is 11.3 Å². The molecule has 98 valence electrons. The number of ether oxygens (including phenoxy) is 1. The van der Waals surface area contributed by atoms with E-state index in [0.29, 0.717) is 17.9 Å². The fraction of sp³-hybridized carbons (Fsp3) is 0.667. The zero-order valence-electron chi connectivity index (χ0n) is 10.5. The van der Waals surface area contributed by atoms with Crippen molar-refractivity contribution < 1.29 is 9.53 Å². The Morgan fingerprint density at radius 1 is 1.56 bits per heavy atom. The number of carbonyl (C=O) groups is 1. The summed E-state index contributed by atoms with van der Waals surface area (Å²) in [7, 11) is 0. The number of amides is 1. The topological polar surface area (TPSA) is 54.5 Å². The summed E-state index contributed by atoms with van der Waals surface area (Å²) < 4.78 is 5.09. The molecule has 0 spiro atoms. The van der Waals surface area contributed by atoms with Crippen molar-refractivity contribution in [3.05, 3.63) is 11.6 Å². The van der Waals surface area contributed by atoms with E-state index in [1.54, 1.807) is 11.3 Å². The van der Waals surface area contributed by atoms with Crippen molar-refractivity contribution in [2.24, 2.45) is 11.8 Å². The summed E-state index contributed by atoms with van der Waals surface area (Å²) in [5.74, 6) is 1.13. The maximum absolute atomic E-state index is 11.5. The normalized spacial score (nSPS) is 29.3. The van der Waals surface area contributed by atoms with Crippen LogP contribution in [0.3, 0.4) is 0 Å². The maximum Gasteiger partial charge on any atom is 0.407 e. The van der Waals surface area contributed by atoms with Gasteiger partial charge in [0.05, 0.1) is 6.10 Å². The highest BCUT2D eigenvalue weighted by molar-refractivity contribution is 7.13. The van der Waals surface area contributed by atoms with Gasteiger partial charge in [0.15, 0.2) is 5.13 Å². The van der Waals surface area contributed by atoms with E-state index in [2.05, 4.69) is 15.2 Å². The predicted molar refractivity (Wildman–Crippen MR) is 69.8 cm³/mol. The average molecular weight is 267 g/mol. The molecule has 2 unspecified atom stereocenters. The minimum absolute atomic E-state index is 0.0598. The zero-order chi connectivity index (χ0) is 12.7. The first kappa shape index (κ1) is 11.8. The lowest BCUT2D eigenvalue weighted by Crippen LogP contribution is -2.35. The second-order valence-electron chi connectivity index (χ2n) is 5.17. The van der Waals surface area contributed by atoms with Gasteiger partial charge in [0.2, 0.25) is 0 Å². The van der Waals surface area contributed by atoms with Gasteiger partial charge in [0.1, 0.15) is 0 Å². The standard InChI is InChI=1S/C12H17N3O2S/c1-7(2)17-12(16)14-10-8-5-15(6-9(8)10)11-13-3-4-18-11/h3-4,7-10H,5-6H2,1-2H3,(H,14,16). The van der Waals surface area contributed by atoms with Gasteiger partial charge in [-0.3, -0.25) is 0 Å². The van der Waals surface area contributed by atoms with Crippen molar-refractivity contribution in [1.82, 2.24) is 10.3 Å². The highest BCUT2D eigenvalue weighted by atomic mass is 32.1. The third-order valence-electron chi connectivity index (χ3n) is 3.51. The van der Waals surface area contributed by atoms with Crippen LogP contribution in [0.2, 0.25) is 0 Å². The summed E-state index contributed by atoms with van der Waals surface area (Å²) >= 11 is 1.67. The first-order valence-corrected chi connectivity index (χ1v) is 7.14. The van der Waals surface area contributed by atoms with Crippen molar-refractivity contribution in [1.29, 1.82) is 0 Å². The Morgan fingerprint density at radius 2 is 2.28 bits per heavy atom. The molecule has 6 heteroatoms. The smallest absolute Gasteiger partial charge is 0.407 e. The molecule has 1 aromatic rings. The highest BCUT2D eigenvalue weighted by Gasteiger charge is 2.57. The molecule has 1 aliphatic carbocycles. The van der Waals surface area contributed by atoms with E-state index in [0.717, 1.165) is 18.2 Å². The van der Waals surface area contributed by atoms with Gasteiger partial charge in [-0.1, -0.05) is 0 Å². The number of nitrogens with zero attached hydrogens (tertiary/aromatic N) is 2. The van der Waals surface area contributed by atoms with Gasteiger partial charge in [0.25, 0.3) is 0 Å². The fourth-order valence-corrected chi connectivity index (χ4v) is 3.32. The van der Waals surface area contributed by atoms with Crippen molar-refractivity contribution in [3.8, 4) is 0 Å². The predicted octanol–water partition coefficient (Wildman–Crippen LogP) is 1.71. The number of carbonyl (C=O) groups excluding carboxylic acids is 1. The minimum atomic E-state index is -0.287. The van der Waals surface area contributed by atoms with Gasteiger partial charge < -0.3 is 15.0 Å². The number of rotatable bonds is 3. The lowest BCUT2D eigenvalue weighted by Gasteiger charge is -2.19. The molecule has 0 aromatic carbocycles. The van der Waals surface area contributed by atoms with Crippen molar-refractivity contribution >= 4 is 22.6 Å². The summed E-state index contributed by atoms with van der Waals surface area (Å²) in [6, 6.07) is 0.299. The maximum atomic E-state index is 11.5. The van der Waals surface area contributed by atoms with E-state index < -0.39 is 0 Å². The molecule has 1 aromatic heterocycles. The molecule has 1 N–H and O–H groups in total. The Kier molecular flexibility index (Phi) is 2.89. The van der Waals surface area contributed by atoms with E-state index in [9.17, 15) is 4.79 Å². The van der Waals surface area contributed by atoms with Gasteiger partial charge in [-0.25, -0.2) is 9.78 Å². The molecule has 1 aliphatic heterocycles. The molecular formula is C12H17N3O2S. The monoisotopic (exact) mass is 267 g/mol. The van der Waals surface area contributed by atoms with Gasteiger partial charge in [0, 0.05) is 42.5 Å². The largest absolute Gasteiger partial charge is 0.447 e. The average Bonchev–Trinajstić information content (AvgIpc) is 2.81. The van der Waals surface area contributed by atoms with E-state index in [1.165, 1.54) is 0 Å². The molecule has 2 heterocycles. The molecular weight excluding hydrogens is 250 g/mol. The Bertz CT molecular complexity index is 423. The molecule has 1 amide bonds. The van der Waals surface area contributed by atoms with Crippen LogP contribution in [0.5, 0.6) is 0 Å². The van der Waals surface area contributed by atoms with Gasteiger partial charge in [-0.15, -0.1) is 11.3 Å². The van der Waals surface area contributed by atoms with Crippen LogP contribution in [0.1, 0.15) is 13.8 Å². The number of thiazole rings is 1. The SMILES string of the molecule is CC(C)OC(=O)NC1C2CN(c3nccs3)CC21. The number of nitrogens with one attached hydrogen (secondary N) is 1. The van der Waals surface area contributed by atoms with Crippen LogP contribution in [0.15, 0.2) is 11.6 Å². The molecule has 1 saturated carbocycles. The number of anilines is 1. The first-order valence-electron chi connectivity index (χ1n) is 6.26. The quantitative estimate of drug-likeness (QED) is 0.906. The van der Waals surface area contributed by atoms with E-state index in [4.69, 9.17) is 4.74 Å². The van der Waals surface area contributed by atoms with Crippen LogP contribution < -0.4 is 10.2 Å². The fourth-order valence-electron chi connectivity index (χ4n) is 2.65. The molecule has 2 aliphatic rings. The molecule has 5 nitrogen and oxygen atoms in total. The minimum Gasteiger partial charge on any atom is -0.447 e.